The molecule has 2 aromatic rings. The molecule has 35 heavy (non-hydrogen) atoms. The van der Waals surface area contributed by atoms with Crippen LogP contribution in [0.25, 0.3) is 0 Å². The number of carbonyl (C=O) groups excluding carboxylic acids is 2. The third-order valence-corrected chi connectivity index (χ3v) is 5.49. The standard InChI is InChI=1S/C24H25F3N2O6/c25-24(26,27)35-20-11-3-16(4-12-20)22(31)29-14-13-28-21(30)15-1-7-18(8-2-15)34-19-9-5-17(6-10-19)23(32)33/h1-4,7-8,11-12,17,19H,5-6,9-10,13-14H2,(H,28,30)(H,29,31)(H,32,33)/t17-,19+. The summed E-state index contributed by atoms with van der Waals surface area (Å²) in [5.74, 6) is -1.77. The van der Waals surface area contributed by atoms with Gasteiger partial charge in [-0.2, -0.15) is 0 Å². The van der Waals surface area contributed by atoms with Crippen molar-refractivity contribution >= 4 is 17.8 Å². The van der Waals surface area contributed by atoms with Gasteiger partial charge >= 0.3 is 12.3 Å². The van der Waals surface area contributed by atoms with Gasteiger partial charge in [0.25, 0.3) is 11.8 Å². The van der Waals surface area contributed by atoms with Crippen molar-refractivity contribution in [1.82, 2.24) is 10.6 Å². The van der Waals surface area contributed by atoms with Crippen molar-refractivity contribution in [3.63, 3.8) is 0 Å². The number of hydrogen-bond donors (Lipinski definition) is 3. The molecule has 0 unspecified atom stereocenters. The van der Waals surface area contributed by atoms with Crippen LogP contribution in [0.5, 0.6) is 11.5 Å². The molecule has 2 amide bonds. The second-order valence-corrected chi connectivity index (χ2v) is 8.04. The predicted octanol–water partition coefficient (Wildman–Crippen LogP) is 3.77. The molecule has 0 radical (unpaired) electrons. The van der Waals surface area contributed by atoms with E-state index in [0.717, 1.165) is 12.1 Å². The van der Waals surface area contributed by atoms with Crippen LogP contribution in [0.3, 0.4) is 0 Å². The van der Waals surface area contributed by atoms with E-state index >= 15 is 0 Å². The maximum absolute atomic E-state index is 12.3. The number of hydrogen-bond acceptors (Lipinski definition) is 5. The average Bonchev–Trinajstić information content (AvgIpc) is 2.82. The van der Waals surface area contributed by atoms with Crippen LogP contribution in [0.1, 0.15) is 46.4 Å². The lowest BCUT2D eigenvalue weighted by atomic mass is 9.87. The Hall–Kier alpha value is -3.76. The molecule has 3 rings (SSSR count). The minimum Gasteiger partial charge on any atom is -0.490 e. The molecular weight excluding hydrogens is 469 g/mol. The molecule has 0 saturated heterocycles. The van der Waals surface area contributed by atoms with Gasteiger partial charge in [0.1, 0.15) is 11.5 Å². The van der Waals surface area contributed by atoms with Crippen LogP contribution >= 0.6 is 0 Å². The SMILES string of the molecule is O=C(NCCNC(=O)c1ccc(O[C@H]2CC[C@@H](C(=O)O)CC2)cc1)c1ccc(OC(F)(F)F)cc1. The fourth-order valence-corrected chi connectivity index (χ4v) is 3.67. The predicted molar refractivity (Wildman–Crippen MR) is 118 cm³/mol. The number of ether oxygens (including phenoxy) is 2. The Labute approximate surface area is 199 Å². The summed E-state index contributed by atoms with van der Waals surface area (Å²) < 4.78 is 46.2. The number of alkyl halides is 3. The van der Waals surface area contributed by atoms with E-state index in [1.54, 1.807) is 24.3 Å². The monoisotopic (exact) mass is 494 g/mol. The summed E-state index contributed by atoms with van der Waals surface area (Å²) in [6, 6.07) is 11.1. The van der Waals surface area contributed by atoms with E-state index in [2.05, 4.69) is 15.4 Å². The second kappa shape index (κ2) is 11.6. The molecule has 0 aromatic heterocycles. The Bertz CT molecular complexity index is 1020. The van der Waals surface area contributed by atoms with Crippen molar-refractivity contribution in [2.75, 3.05) is 13.1 Å². The minimum absolute atomic E-state index is 0.0535. The molecule has 1 saturated carbocycles. The number of aliphatic carboxylic acids is 1. The normalized spacial score (nSPS) is 17.8. The first-order valence-electron chi connectivity index (χ1n) is 11.0. The molecule has 1 aliphatic carbocycles. The summed E-state index contributed by atoms with van der Waals surface area (Å²) in [6.07, 6.45) is -2.38. The summed E-state index contributed by atoms with van der Waals surface area (Å²) in [5, 5.41) is 14.3. The van der Waals surface area contributed by atoms with Gasteiger partial charge in [0.05, 0.1) is 12.0 Å². The first-order chi connectivity index (χ1) is 16.6. The van der Waals surface area contributed by atoms with Gasteiger partial charge in [-0.3, -0.25) is 14.4 Å². The van der Waals surface area contributed by atoms with Crippen LogP contribution in [0, 0.1) is 5.92 Å². The van der Waals surface area contributed by atoms with Crippen molar-refractivity contribution in [2.45, 2.75) is 38.1 Å². The molecule has 188 valence electrons. The molecule has 2 aromatic carbocycles. The lowest BCUT2D eigenvalue weighted by molar-refractivity contribution is -0.274. The Kier molecular flexibility index (Phi) is 8.56. The minimum atomic E-state index is -4.81. The quantitative estimate of drug-likeness (QED) is 0.458. The van der Waals surface area contributed by atoms with Gasteiger partial charge in [0.2, 0.25) is 0 Å². The summed E-state index contributed by atoms with van der Waals surface area (Å²) in [4.78, 5) is 35.4. The Morgan fingerprint density at radius 3 is 1.69 bits per heavy atom. The first-order valence-corrected chi connectivity index (χ1v) is 11.0. The number of halogens is 3. The second-order valence-electron chi connectivity index (χ2n) is 8.04. The molecule has 0 heterocycles. The Morgan fingerprint density at radius 1 is 0.800 bits per heavy atom. The van der Waals surface area contributed by atoms with Crippen molar-refractivity contribution < 1.29 is 42.1 Å². The third kappa shape index (κ3) is 8.20. The highest BCUT2D eigenvalue weighted by atomic mass is 19.4. The van der Waals surface area contributed by atoms with Crippen LogP contribution < -0.4 is 20.1 Å². The van der Waals surface area contributed by atoms with Crippen LogP contribution in [-0.4, -0.2) is 48.4 Å². The van der Waals surface area contributed by atoms with Gasteiger partial charge < -0.3 is 25.2 Å². The maximum atomic E-state index is 12.3. The van der Waals surface area contributed by atoms with Crippen LogP contribution in [0.4, 0.5) is 13.2 Å². The third-order valence-electron chi connectivity index (χ3n) is 5.49. The highest BCUT2D eigenvalue weighted by molar-refractivity contribution is 5.95. The largest absolute Gasteiger partial charge is 0.573 e. The van der Waals surface area contributed by atoms with Crippen LogP contribution in [0.2, 0.25) is 0 Å². The Morgan fingerprint density at radius 2 is 1.26 bits per heavy atom. The highest BCUT2D eigenvalue weighted by Gasteiger charge is 2.31. The van der Waals surface area contributed by atoms with E-state index < -0.39 is 24.0 Å². The summed E-state index contributed by atoms with van der Waals surface area (Å²) in [7, 11) is 0. The fourth-order valence-electron chi connectivity index (χ4n) is 3.67. The number of carboxylic acids is 1. The van der Waals surface area contributed by atoms with Gasteiger partial charge in [0.15, 0.2) is 0 Å². The average molecular weight is 494 g/mol. The summed E-state index contributed by atoms with van der Waals surface area (Å²) in [6.45, 7) is 0.260. The number of benzene rings is 2. The van der Waals surface area contributed by atoms with Crippen molar-refractivity contribution in [2.24, 2.45) is 5.92 Å². The number of amides is 2. The molecule has 1 fully saturated rings. The van der Waals surface area contributed by atoms with Crippen molar-refractivity contribution in [3.05, 3.63) is 59.7 Å². The smallest absolute Gasteiger partial charge is 0.490 e. The lowest BCUT2D eigenvalue weighted by Gasteiger charge is -2.26. The molecular formula is C24H25F3N2O6. The van der Waals surface area contributed by atoms with Gasteiger partial charge in [-0.1, -0.05) is 0 Å². The number of carboxylic acid groups (broad SMARTS) is 1. The van der Waals surface area contributed by atoms with E-state index in [4.69, 9.17) is 9.84 Å². The molecule has 11 heteroatoms. The molecule has 0 bridgehead atoms. The number of rotatable bonds is 9. The van der Waals surface area contributed by atoms with E-state index in [0.29, 0.717) is 37.0 Å². The van der Waals surface area contributed by atoms with Crippen LogP contribution in [-0.2, 0) is 4.79 Å². The topological polar surface area (TPSA) is 114 Å². The highest BCUT2D eigenvalue weighted by Crippen LogP contribution is 2.28. The van der Waals surface area contributed by atoms with Gasteiger partial charge in [0, 0.05) is 24.2 Å². The van der Waals surface area contributed by atoms with Gasteiger partial charge in [-0.25, -0.2) is 0 Å². The maximum Gasteiger partial charge on any atom is 0.573 e. The zero-order valence-electron chi connectivity index (χ0n) is 18.6. The van der Waals surface area contributed by atoms with E-state index in [-0.39, 0.29) is 36.6 Å². The molecule has 8 nitrogen and oxygen atoms in total. The molecule has 3 N–H and O–H groups in total. The van der Waals surface area contributed by atoms with E-state index in [1.165, 1.54) is 12.1 Å². The summed E-state index contributed by atoms with van der Waals surface area (Å²) in [5.41, 5.74) is 0.552. The first kappa shape index (κ1) is 25.9. The lowest BCUT2D eigenvalue weighted by Crippen LogP contribution is -2.34. The fraction of sp³-hybridized carbons (Fsp3) is 0.375. The van der Waals surface area contributed by atoms with E-state index in [9.17, 15) is 27.6 Å². The summed E-state index contributed by atoms with van der Waals surface area (Å²) >= 11 is 0. The molecule has 0 atom stereocenters. The number of carbonyl (C=O) groups is 3. The number of nitrogens with one attached hydrogen (secondary N) is 2. The molecule has 0 aliphatic heterocycles. The van der Waals surface area contributed by atoms with Gasteiger partial charge in [-0.15, -0.1) is 13.2 Å². The van der Waals surface area contributed by atoms with Crippen LogP contribution in [0.15, 0.2) is 48.5 Å². The molecule has 0 spiro atoms. The van der Waals surface area contributed by atoms with Crippen molar-refractivity contribution in [1.29, 1.82) is 0 Å². The van der Waals surface area contributed by atoms with Crippen molar-refractivity contribution in [3.8, 4) is 11.5 Å². The van der Waals surface area contributed by atoms with Gasteiger partial charge in [-0.05, 0) is 74.2 Å². The Balaban J connectivity index is 1.37. The molecule has 1 aliphatic rings. The van der Waals surface area contributed by atoms with E-state index in [1.807, 2.05) is 0 Å². The zero-order chi connectivity index (χ0) is 25.4. The zero-order valence-corrected chi connectivity index (χ0v) is 18.6.